The maximum absolute atomic E-state index is 12.6. The Balaban J connectivity index is 1.80. The van der Waals surface area contributed by atoms with E-state index in [4.69, 9.17) is 4.74 Å². The van der Waals surface area contributed by atoms with Gasteiger partial charge in [-0.15, -0.1) is 0 Å². The molecule has 0 unspecified atom stereocenters. The Morgan fingerprint density at radius 2 is 1.95 bits per heavy atom. The SMILES string of the molecule is Cc1ccc(C(=O)N2CCOCC2)cc1C1CCNCC1. The lowest BCUT2D eigenvalue weighted by atomic mass is 9.86. The van der Waals surface area contributed by atoms with Crippen molar-refractivity contribution < 1.29 is 9.53 Å². The van der Waals surface area contributed by atoms with Gasteiger partial charge in [-0.2, -0.15) is 0 Å². The third kappa shape index (κ3) is 3.27. The first-order valence-electron chi connectivity index (χ1n) is 7.94. The lowest BCUT2D eigenvalue weighted by Gasteiger charge is -2.28. The number of nitrogens with one attached hydrogen (secondary N) is 1. The van der Waals surface area contributed by atoms with E-state index in [-0.39, 0.29) is 5.91 Å². The van der Waals surface area contributed by atoms with Crippen LogP contribution in [0, 0.1) is 6.92 Å². The number of morpholine rings is 1. The highest BCUT2D eigenvalue weighted by molar-refractivity contribution is 5.94. The molecule has 0 radical (unpaired) electrons. The summed E-state index contributed by atoms with van der Waals surface area (Å²) >= 11 is 0. The molecule has 2 heterocycles. The van der Waals surface area contributed by atoms with E-state index in [1.165, 1.54) is 11.1 Å². The lowest BCUT2D eigenvalue weighted by Crippen LogP contribution is -2.40. The molecule has 4 nitrogen and oxygen atoms in total. The Morgan fingerprint density at radius 1 is 1.24 bits per heavy atom. The van der Waals surface area contributed by atoms with Crippen LogP contribution in [0.2, 0.25) is 0 Å². The van der Waals surface area contributed by atoms with Gasteiger partial charge in [0.2, 0.25) is 0 Å². The van der Waals surface area contributed by atoms with Crippen molar-refractivity contribution in [3.05, 3.63) is 34.9 Å². The van der Waals surface area contributed by atoms with Crippen molar-refractivity contribution in [1.82, 2.24) is 10.2 Å². The number of rotatable bonds is 2. The van der Waals surface area contributed by atoms with E-state index in [0.29, 0.717) is 32.2 Å². The van der Waals surface area contributed by atoms with E-state index in [9.17, 15) is 4.79 Å². The van der Waals surface area contributed by atoms with Crippen molar-refractivity contribution in [2.75, 3.05) is 39.4 Å². The number of aryl methyl sites for hydroxylation is 1. The second-order valence-electron chi connectivity index (χ2n) is 6.00. The van der Waals surface area contributed by atoms with Crippen LogP contribution in [-0.2, 0) is 4.74 Å². The molecule has 0 atom stereocenters. The average molecular weight is 288 g/mol. The number of piperidine rings is 1. The first-order valence-corrected chi connectivity index (χ1v) is 7.94. The second-order valence-corrected chi connectivity index (χ2v) is 6.00. The molecule has 0 saturated carbocycles. The number of amides is 1. The molecule has 1 amide bonds. The van der Waals surface area contributed by atoms with Crippen molar-refractivity contribution in [2.45, 2.75) is 25.7 Å². The van der Waals surface area contributed by atoms with E-state index in [0.717, 1.165) is 31.5 Å². The zero-order chi connectivity index (χ0) is 14.7. The number of hydrogen-bond acceptors (Lipinski definition) is 3. The summed E-state index contributed by atoms with van der Waals surface area (Å²) in [5, 5.41) is 3.40. The fourth-order valence-electron chi connectivity index (χ4n) is 3.30. The number of nitrogens with zero attached hydrogens (tertiary/aromatic N) is 1. The Bertz CT molecular complexity index is 504. The number of hydrogen-bond donors (Lipinski definition) is 1. The van der Waals surface area contributed by atoms with Crippen LogP contribution in [0.15, 0.2) is 18.2 Å². The van der Waals surface area contributed by atoms with Gasteiger partial charge in [0.25, 0.3) is 5.91 Å². The molecule has 0 spiro atoms. The monoisotopic (exact) mass is 288 g/mol. The molecule has 0 aromatic heterocycles. The maximum atomic E-state index is 12.6. The lowest BCUT2D eigenvalue weighted by molar-refractivity contribution is 0.0303. The minimum Gasteiger partial charge on any atom is -0.378 e. The standard InChI is InChI=1S/C17H24N2O2/c1-13-2-3-15(17(20)19-8-10-21-11-9-19)12-16(13)14-4-6-18-7-5-14/h2-3,12,14,18H,4-11H2,1H3. The Labute approximate surface area is 126 Å². The molecule has 114 valence electrons. The van der Waals surface area contributed by atoms with Crippen LogP contribution in [0.3, 0.4) is 0 Å². The van der Waals surface area contributed by atoms with Gasteiger partial charge >= 0.3 is 0 Å². The van der Waals surface area contributed by atoms with Crippen molar-refractivity contribution in [3.8, 4) is 0 Å². The van der Waals surface area contributed by atoms with Crippen molar-refractivity contribution >= 4 is 5.91 Å². The Hall–Kier alpha value is -1.39. The summed E-state index contributed by atoms with van der Waals surface area (Å²) in [4.78, 5) is 14.5. The number of carbonyl (C=O) groups is 1. The molecular formula is C17H24N2O2. The number of carbonyl (C=O) groups excluding carboxylic acids is 1. The first kappa shape index (κ1) is 14.5. The van der Waals surface area contributed by atoms with Crippen LogP contribution in [-0.4, -0.2) is 50.2 Å². The van der Waals surface area contributed by atoms with Crippen molar-refractivity contribution in [1.29, 1.82) is 0 Å². The summed E-state index contributed by atoms with van der Waals surface area (Å²) in [7, 11) is 0. The molecule has 1 aromatic rings. The molecule has 4 heteroatoms. The van der Waals surface area contributed by atoms with E-state index in [1.54, 1.807) is 0 Å². The summed E-state index contributed by atoms with van der Waals surface area (Å²) in [6, 6.07) is 6.20. The highest BCUT2D eigenvalue weighted by Crippen LogP contribution is 2.29. The van der Waals surface area contributed by atoms with Gasteiger partial charge in [0, 0.05) is 18.7 Å². The third-order valence-electron chi connectivity index (χ3n) is 4.60. The maximum Gasteiger partial charge on any atom is 0.254 e. The molecule has 21 heavy (non-hydrogen) atoms. The first-order chi connectivity index (χ1) is 10.3. The molecule has 2 fully saturated rings. The average Bonchev–Trinajstić information content (AvgIpc) is 2.56. The number of benzene rings is 1. The zero-order valence-corrected chi connectivity index (χ0v) is 12.7. The second kappa shape index (κ2) is 6.58. The summed E-state index contributed by atoms with van der Waals surface area (Å²) in [6.45, 7) is 7.01. The summed E-state index contributed by atoms with van der Waals surface area (Å²) in [5.74, 6) is 0.733. The molecule has 2 aliphatic rings. The minimum atomic E-state index is 0.147. The van der Waals surface area contributed by atoms with Gasteiger partial charge in [-0.25, -0.2) is 0 Å². The van der Waals surface area contributed by atoms with Crippen LogP contribution in [0.25, 0.3) is 0 Å². The van der Waals surface area contributed by atoms with E-state index in [1.807, 2.05) is 11.0 Å². The molecular weight excluding hydrogens is 264 g/mol. The molecule has 2 aliphatic heterocycles. The minimum absolute atomic E-state index is 0.147. The number of ether oxygens (including phenoxy) is 1. The van der Waals surface area contributed by atoms with E-state index < -0.39 is 0 Å². The van der Waals surface area contributed by atoms with Crippen molar-refractivity contribution in [2.24, 2.45) is 0 Å². The third-order valence-corrected chi connectivity index (χ3v) is 4.60. The predicted octanol–water partition coefficient (Wildman–Crippen LogP) is 1.93. The van der Waals surface area contributed by atoms with E-state index in [2.05, 4.69) is 24.4 Å². The van der Waals surface area contributed by atoms with Gasteiger partial charge < -0.3 is 15.0 Å². The van der Waals surface area contributed by atoms with Gasteiger partial charge in [0.1, 0.15) is 0 Å². The fraction of sp³-hybridized carbons (Fsp3) is 0.588. The smallest absolute Gasteiger partial charge is 0.254 e. The normalized spacial score (nSPS) is 20.5. The highest BCUT2D eigenvalue weighted by Gasteiger charge is 2.22. The Morgan fingerprint density at radius 3 is 2.67 bits per heavy atom. The van der Waals surface area contributed by atoms with Crippen LogP contribution in [0.4, 0.5) is 0 Å². The van der Waals surface area contributed by atoms with E-state index >= 15 is 0 Å². The summed E-state index contributed by atoms with van der Waals surface area (Å²) < 4.78 is 5.32. The molecule has 3 rings (SSSR count). The van der Waals surface area contributed by atoms with Gasteiger partial charge in [-0.05, 0) is 62.0 Å². The zero-order valence-electron chi connectivity index (χ0n) is 12.7. The predicted molar refractivity (Wildman–Crippen MR) is 82.7 cm³/mol. The highest BCUT2D eigenvalue weighted by atomic mass is 16.5. The van der Waals surface area contributed by atoms with Crippen molar-refractivity contribution in [3.63, 3.8) is 0 Å². The van der Waals surface area contributed by atoms with Crippen LogP contribution >= 0.6 is 0 Å². The van der Waals surface area contributed by atoms with Gasteiger partial charge in [-0.1, -0.05) is 6.07 Å². The van der Waals surface area contributed by atoms with Crippen LogP contribution < -0.4 is 5.32 Å². The molecule has 1 aromatic carbocycles. The van der Waals surface area contributed by atoms with Gasteiger partial charge in [0.05, 0.1) is 13.2 Å². The molecule has 0 bridgehead atoms. The summed E-state index contributed by atoms with van der Waals surface area (Å²) in [6.07, 6.45) is 2.33. The Kier molecular flexibility index (Phi) is 4.56. The van der Waals surface area contributed by atoms with Gasteiger partial charge in [0.15, 0.2) is 0 Å². The van der Waals surface area contributed by atoms with Crippen LogP contribution in [0.1, 0.15) is 40.2 Å². The van der Waals surface area contributed by atoms with Gasteiger partial charge in [-0.3, -0.25) is 4.79 Å². The fourth-order valence-corrected chi connectivity index (χ4v) is 3.30. The van der Waals surface area contributed by atoms with Crippen LogP contribution in [0.5, 0.6) is 0 Å². The molecule has 1 N–H and O–H groups in total. The molecule has 2 saturated heterocycles. The molecule has 0 aliphatic carbocycles. The largest absolute Gasteiger partial charge is 0.378 e. The topological polar surface area (TPSA) is 41.6 Å². The quantitative estimate of drug-likeness (QED) is 0.904. The summed E-state index contributed by atoms with van der Waals surface area (Å²) in [5.41, 5.74) is 3.49.